The summed E-state index contributed by atoms with van der Waals surface area (Å²) in [6.45, 7) is 3.17. The number of carbonyl (C=O) groups excluding carboxylic acids is 1. The Labute approximate surface area is 136 Å². The van der Waals surface area contributed by atoms with Crippen LogP contribution in [0.2, 0.25) is 0 Å². The second-order valence-corrected chi connectivity index (χ2v) is 6.36. The van der Waals surface area contributed by atoms with E-state index in [-0.39, 0.29) is 5.91 Å². The van der Waals surface area contributed by atoms with Gasteiger partial charge in [0, 0.05) is 25.5 Å². The highest BCUT2D eigenvalue weighted by Gasteiger charge is 2.24. The molecule has 0 spiro atoms. The average molecular weight is 313 g/mol. The molecule has 2 aromatic heterocycles. The first-order valence-electron chi connectivity index (χ1n) is 8.33. The van der Waals surface area contributed by atoms with Gasteiger partial charge in [0.25, 0.3) is 5.91 Å². The maximum absolute atomic E-state index is 12.9. The van der Waals surface area contributed by atoms with E-state index in [9.17, 15) is 4.79 Å². The van der Waals surface area contributed by atoms with Crippen LogP contribution in [0.3, 0.4) is 0 Å². The molecular weight excluding hydrogens is 290 g/mol. The molecule has 5 heteroatoms. The summed E-state index contributed by atoms with van der Waals surface area (Å²) in [5.41, 5.74) is 2.25. The molecule has 1 saturated carbocycles. The van der Waals surface area contributed by atoms with E-state index in [0.29, 0.717) is 23.7 Å². The Bertz CT molecular complexity index is 633. The summed E-state index contributed by atoms with van der Waals surface area (Å²) in [5.74, 6) is 0.586. The highest BCUT2D eigenvalue weighted by molar-refractivity contribution is 5.94. The minimum absolute atomic E-state index is 0.00169. The molecule has 1 aliphatic carbocycles. The molecule has 2 heterocycles. The van der Waals surface area contributed by atoms with Gasteiger partial charge in [-0.05, 0) is 37.3 Å². The van der Waals surface area contributed by atoms with Crippen LogP contribution in [0.15, 0.2) is 35.3 Å². The molecule has 1 fully saturated rings. The zero-order valence-corrected chi connectivity index (χ0v) is 13.6. The first-order chi connectivity index (χ1) is 11.2. The minimum atomic E-state index is -0.00169. The Morgan fingerprint density at radius 3 is 2.83 bits per heavy atom. The van der Waals surface area contributed by atoms with E-state index in [2.05, 4.69) is 10.1 Å². The van der Waals surface area contributed by atoms with Crippen LogP contribution in [0.25, 0.3) is 0 Å². The molecule has 3 rings (SSSR count). The van der Waals surface area contributed by atoms with Gasteiger partial charge in [-0.2, -0.15) is 0 Å². The lowest BCUT2D eigenvalue weighted by molar-refractivity contribution is 0.0697. The molecule has 23 heavy (non-hydrogen) atoms. The Hall–Kier alpha value is -2.17. The van der Waals surface area contributed by atoms with E-state index in [1.54, 1.807) is 13.1 Å². The first-order valence-corrected chi connectivity index (χ1v) is 8.33. The number of carbonyl (C=O) groups is 1. The third kappa shape index (κ3) is 3.97. The number of rotatable bonds is 5. The molecule has 0 saturated heterocycles. The molecule has 0 aromatic carbocycles. The fourth-order valence-electron chi connectivity index (χ4n) is 3.28. The summed E-state index contributed by atoms with van der Waals surface area (Å²) in [7, 11) is 0. The Morgan fingerprint density at radius 1 is 1.35 bits per heavy atom. The predicted octanol–water partition coefficient (Wildman–Crippen LogP) is 3.60. The van der Waals surface area contributed by atoms with Crippen LogP contribution in [-0.4, -0.2) is 27.5 Å². The number of aromatic nitrogens is 2. The van der Waals surface area contributed by atoms with Crippen LogP contribution >= 0.6 is 0 Å². The number of aryl methyl sites for hydroxylation is 1. The average Bonchev–Trinajstić information content (AvgIpc) is 3.01. The van der Waals surface area contributed by atoms with Gasteiger partial charge in [-0.15, -0.1) is 0 Å². The second-order valence-electron chi connectivity index (χ2n) is 6.36. The quantitative estimate of drug-likeness (QED) is 0.846. The lowest BCUT2D eigenvalue weighted by atomic mass is 9.88. The zero-order chi connectivity index (χ0) is 16.1. The third-order valence-electron chi connectivity index (χ3n) is 4.57. The molecule has 0 unspecified atom stereocenters. The summed E-state index contributed by atoms with van der Waals surface area (Å²) in [6.07, 6.45) is 11.3. The van der Waals surface area contributed by atoms with Crippen LogP contribution in [0.5, 0.6) is 0 Å². The molecule has 2 aromatic rings. The summed E-state index contributed by atoms with van der Waals surface area (Å²) < 4.78 is 4.95. The fourth-order valence-corrected chi connectivity index (χ4v) is 3.28. The van der Waals surface area contributed by atoms with Crippen molar-refractivity contribution in [2.45, 2.75) is 45.6 Å². The van der Waals surface area contributed by atoms with Crippen molar-refractivity contribution in [3.63, 3.8) is 0 Å². The van der Waals surface area contributed by atoms with Crippen molar-refractivity contribution in [3.8, 4) is 0 Å². The lowest BCUT2D eigenvalue weighted by Crippen LogP contribution is -2.35. The van der Waals surface area contributed by atoms with Gasteiger partial charge in [0.05, 0.1) is 5.69 Å². The molecule has 1 amide bonds. The van der Waals surface area contributed by atoms with E-state index < -0.39 is 0 Å². The molecule has 0 atom stereocenters. The summed E-state index contributed by atoms with van der Waals surface area (Å²) >= 11 is 0. The maximum atomic E-state index is 12.9. The topological polar surface area (TPSA) is 59.2 Å². The minimum Gasteiger partial charge on any atom is -0.364 e. The van der Waals surface area contributed by atoms with Gasteiger partial charge in [-0.1, -0.05) is 30.5 Å². The van der Waals surface area contributed by atoms with Gasteiger partial charge in [0.15, 0.2) is 0 Å². The number of hydrogen-bond donors (Lipinski definition) is 0. The molecule has 122 valence electrons. The summed E-state index contributed by atoms with van der Waals surface area (Å²) in [4.78, 5) is 19.0. The lowest BCUT2D eigenvalue weighted by Gasteiger charge is -2.29. The summed E-state index contributed by atoms with van der Waals surface area (Å²) in [5, 5.41) is 3.84. The smallest absolute Gasteiger partial charge is 0.259 e. The second kappa shape index (κ2) is 7.40. The van der Waals surface area contributed by atoms with Gasteiger partial charge in [0.2, 0.25) is 0 Å². The van der Waals surface area contributed by atoms with Crippen molar-refractivity contribution in [2.24, 2.45) is 5.92 Å². The number of amides is 1. The van der Waals surface area contributed by atoms with Gasteiger partial charge >= 0.3 is 0 Å². The first kappa shape index (κ1) is 15.7. The normalized spacial score (nSPS) is 15.5. The van der Waals surface area contributed by atoms with E-state index in [1.165, 1.54) is 38.4 Å². The Balaban J connectivity index is 1.77. The summed E-state index contributed by atoms with van der Waals surface area (Å²) in [6, 6.07) is 3.91. The maximum Gasteiger partial charge on any atom is 0.259 e. The van der Waals surface area contributed by atoms with E-state index in [4.69, 9.17) is 4.52 Å². The van der Waals surface area contributed by atoms with E-state index in [0.717, 1.165) is 12.1 Å². The van der Waals surface area contributed by atoms with Crippen LogP contribution in [-0.2, 0) is 6.54 Å². The van der Waals surface area contributed by atoms with Crippen molar-refractivity contribution < 1.29 is 9.32 Å². The molecule has 1 aliphatic rings. The highest BCUT2D eigenvalue weighted by atomic mass is 16.5. The predicted molar refractivity (Wildman–Crippen MR) is 86.8 cm³/mol. The van der Waals surface area contributed by atoms with Gasteiger partial charge in [0.1, 0.15) is 11.8 Å². The highest BCUT2D eigenvalue weighted by Crippen LogP contribution is 2.26. The molecule has 0 bridgehead atoms. The van der Waals surface area contributed by atoms with Gasteiger partial charge in [-0.25, -0.2) is 0 Å². The van der Waals surface area contributed by atoms with Gasteiger partial charge in [-0.3, -0.25) is 9.78 Å². The Morgan fingerprint density at radius 2 is 2.17 bits per heavy atom. The number of hydrogen-bond acceptors (Lipinski definition) is 4. The fraction of sp³-hybridized carbons (Fsp3) is 0.500. The molecule has 0 N–H and O–H groups in total. The molecule has 5 nitrogen and oxygen atoms in total. The zero-order valence-electron chi connectivity index (χ0n) is 13.6. The van der Waals surface area contributed by atoms with Crippen molar-refractivity contribution >= 4 is 5.91 Å². The SMILES string of the molecule is Cc1nocc1C(=O)N(Cc1cccnc1)CC1CCCCC1. The third-order valence-corrected chi connectivity index (χ3v) is 4.57. The van der Waals surface area contributed by atoms with Crippen LogP contribution in [0, 0.1) is 12.8 Å². The molecular formula is C18H23N3O2. The number of pyridine rings is 1. The van der Waals surface area contributed by atoms with Gasteiger partial charge < -0.3 is 9.42 Å². The molecule has 0 radical (unpaired) electrons. The van der Waals surface area contributed by atoms with Crippen molar-refractivity contribution in [3.05, 3.63) is 47.6 Å². The van der Waals surface area contributed by atoms with Crippen LogP contribution in [0.4, 0.5) is 0 Å². The standard InChI is InChI=1S/C18H23N3O2/c1-14-17(13-23-20-14)18(22)21(11-15-6-3-2-4-7-15)12-16-8-5-9-19-10-16/h5,8-10,13,15H,2-4,6-7,11-12H2,1H3. The monoisotopic (exact) mass is 313 g/mol. The van der Waals surface area contributed by atoms with Crippen molar-refractivity contribution in [2.75, 3.05) is 6.54 Å². The molecule has 0 aliphatic heterocycles. The Kier molecular flexibility index (Phi) is 5.05. The van der Waals surface area contributed by atoms with Crippen molar-refractivity contribution in [1.29, 1.82) is 0 Å². The van der Waals surface area contributed by atoms with Crippen molar-refractivity contribution in [1.82, 2.24) is 15.0 Å². The van der Waals surface area contributed by atoms with E-state index in [1.807, 2.05) is 23.2 Å². The number of nitrogens with zero attached hydrogens (tertiary/aromatic N) is 3. The van der Waals surface area contributed by atoms with E-state index >= 15 is 0 Å². The van der Waals surface area contributed by atoms with Crippen LogP contribution in [0.1, 0.15) is 53.7 Å². The van der Waals surface area contributed by atoms with Crippen LogP contribution < -0.4 is 0 Å². The largest absolute Gasteiger partial charge is 0.364 e.